The Bertz CT molecular complexity index is 876. The van der Waals surface area contributed by atoms with Gasteiger partial charge in [-0.15, -0.1) is 0 Å². The molecule has 1 aromatic carbocycles. The smallest absolute Gasteiger partial charge is 0.309 e. The van der Waals surface area contributed by atoms with Crippen LogP contribution in [0.5, 0.6) is 0 Å². The maximum absolute atomic E-state index is 13.3. The molecule has 0 radical (unpaired) electrons. The molecule has 0 bridgehead atoms. The number of nitrogens with zero attached hydrogens (tertiary/aromatic N) is 1. The molecule has 3 aliphatic rings. The first-order chi connectivity index (χ1) is 13.6. The Kier molecular flexibility index (Phi) is 5.64. The van der Waals surface area contributed by atoms with Crippen molar-refractivity contribution in [1.29, 1.82) is 0 Å². The number of rotatable bonds is 2. The van der Waals surface area contributed by atoms with Gasteiger partial charge in [0.25, 0.3) is 0 Å². The van der Waals surface area contributed by atoms with Crippen LogP contribution in [0, 0.1) is 29.5 Å². The molecule has 0 N–H and O–H groups in total. The van der Waals surface area contributed by atoms with Crippen LogP contribution in [0.1, 0.15) is 37.7 Å². The average Bonchev–Trinajstić information content (AvgIpc) is 3.15. The molecule has 1 heterocycles. The van der Waals surface area contributed by atoms with E-state index in [1.54, 1.807) is 6.07 Å². The minimum absolute atomic E-state index is 0.00484. The summed E-state index contributed by atoms with van der Waals surface area (Å²) < 4.78 is 18.3. The lowest BCUT2D eigenvalue weighted by atomic mass is 9.87. The summed E-state index contributed by atoms with van der Waals surface area (Å²) in [6, 6.07) is 6.86. The molecule has 3 atom stereocenters. The van der Waals surface area contributed by atoms with Gasteiger partial charge < -0.3 is 4.74 Å². The van der Waals surface area contributed by atoms with Crippen molar-refractivity contribution in [2.24, 2.45) is 11.8 Å². The average molecular weight is 379 g/mol. The number of hydrogen-bond donors (Lipinski definition) is 0. The third kappa shape index (κ3) is 4.05. The lowest BCUT2D eigenvalue weighted by Gasteiger charge is -2.37. The molecule has 2 aliphatic carbocycles. The fourth-order valence-corrected chi connectivity index (χ4v) is 4.82. The first-order valence-corrected chi connectivity index (χ1v) is 10.1. The molecule has 4 heteroatoms. The van der Waals surface area contributed by atoms with E-state index in [-0.39, 0.29) is 17.7 Å². The maximum Gasteiger partial charge on any atom is 0.309 e. The third-order valence-electron chi connectivity index (χ3n) is 6.21. The first kappa shape index (κ1) is 19.0. The van der Waals surface area contributed by atoms with Crippen molar-refractivity contribution in [3.05, 3.63) is 58.9 Å². The monoisotopic (exact) mass is 379 g/mol. The highest BCUT2D eigenvalue weighted by Gasteiger charge is 2.38. The number of methoxy groups -OCH3 is 1. The summed E-state index contributed by atoms with van der Waals surface area (Å²) in [6.45, 7) is 1.86. The molecule has 1 aromatic rings. The molecular formula is C24H26FNO2. The fraction of sp³-hybridized carbons (Fsp3) is 0.458. The van der Waals surface area contributed by atoms with E-state index in [1.165, 1.54) is 24.8 Å². The normalized spacial score (nSPS) is 27.1. The molecular weight excluding hydrogens is 353 g/mol. The lowest BCUT2D eigenvalue weighted by Crippen LogP contribution is -2.44. The summed E-state index contributed by atoms with van der Waals surface area (Å²) in [5.41, 5.74) is 3.31. The summed E-state index contributed by atoms with van der Waals surface area (Å²) in [7, 11) is 1.48. The van der Waals surface area contributed by atoms with E-state index < -0.39 is 0 Å². The Morgan fingerprint density at radius 3 is 2.93 bits per heavy atom. The Hall–Kier alpha value is -2.38. The van der Waals surface area contributed by atoms with Crippen LogP contribution in [0.3, 0.4) is 0 Å². The molecule has 2 fully saturated rings. The predicted molar refractivity (Wildman–Crippen MR) is 107 cm³/mol. The molecule has 146 valence electrons. The zero-order chi connectivity index (χ0) is 19.5. The largest absolute Gasteiger partial charge is 0.469 e. The van der Waals surface area contributed by atoms with Crippen molar-refractivity contribution in [2.45, 2.75) is 38.1 Å². The van der Waals surface area contributed by atoms with E-state index in [0.717, 1.165) is 50.8 Å². The number of piperidine rings is 1. The van der Waals surface area contributed by atoms with Crippen molar-refractivity contribution in [3.8, 4) is 11.8 Å². The van der Waals surface area contributed by atoms with E-state index in [1.807, 2.05) is 6.07 Å². The van der Waals surface area contributed by atoms with Gasteiger partial charge in [-0.2, -0.15) is 0 Å². The van der Waals surface area contributed by atoms with E-state index in [2.05, 4.69) is 28.9 Å². The number of carbonyl (C=O) groups excluding carboxylic acids is 1. The number of carbonyl (C=O) groups is 1. The minimum Gasteiger partial charge on any atom is -0.469 e. The molecule has 3 nitrogen and oxygen atoms in total. The van der Waals surface area contributed by atoms with E-state index >= 15 is 0 Å². The number of esters is 1. The van der Waals surface area contributed by atoms with Gasteiger partial charge in [-0.3, -0.25) is 9.69 Å². The summed E-state index contributed by atoms with van der Waals surface area (Å²) in [4.78, 5) is 14.4. The predicted octanol–water partition coefficient (Wildman–Crippen LogP) is 4.10. The second kappa shape index (κ2) is 8.32. The number of hydrogen-bond acceptors (Lipinski definition) is 3. The van der Waals surface area contributed by atoms with Gasteiger partial charge in [-0.1, -0.05) is 30.1 Å². The Morgan fingerprint density at radius 1 is 1.21 bits per heavy atom. The molecule has 1 aliphatic heterocycles. The van der Waals surface area contributed by atoms with Gasteiger partial charge in [0.1, 0.15) is 5.82 Å². The van der Waals surface area contributed by atoms with Gasteiger partial charge in [0.05, 0.1) is 13.0 Å². The van der Waals surface area contributed by atoms with E-state index in [9.17, 15) is 9.18 Å². The van der Waals surface area contributed by atoms with E-state index in [4.69, 9.17) is 4.74 Å². The van der Waals surface area contributed by atoms with E-state index in [0.29, 0.717) is 17.5 Å². The Labute approximate surface area is 166 Å². The molecule has 4 rings (SSSR count). The van der Waals surface area contributed by atoms with Crippen molar-refractivity contribution < 1.29 is 13.9 Å². The van der Waals surface area contributed by atoms with Gasteiger partial charge in [-0.05, 0) is 68.3 Å². The molecule has 0 amide bonds. The maximum atomic E-state index is 13.3. The summed E-state index contributed by atoms with van der Waals surface area (Å²) in [6.07, 6.45) is 9.60. The molecule has 0 aromatic heterocycles. The van der Waals surface area contributed by atoms with Crippen LogP contribution < -0.4 is 0 Å². The lowest BCUT2D eigenvalue weighted by molar-refractivity contribution is -0.147. The number of halogens is 1. The standard InChI is InChI=1S/C24H26FNO2/c1-28-24(27)20-5-3-13-26(16-20)23-12-10-19-14-18(9-11-22(19)23)8-7-17-4-2-6-21(25)15-17/h2,4,6,9,11,15,19-20,23H,3,5,10,12-14,16H2,1H3/t19?,20-,23?/m1/s1. The summed E-state index contributed by atoms with van der Waals surface area (Å²) in [5, 5.41) is 0. The van der Waals surface area contributed by atoms with Gasteiger partial charge >= 0.3 is 5.97 Å². The minimum atomic E-state index is -0.253. The SMILES string of the molecule is COC(=O)[C@@H]1CCCN(C2CCC3CC(C#Cc4cccc(F)c4)=CC=C32)C1. The van der Waals surface area contributed by atoms with Gasteiger partial charge in [0.15, 0.2) is 0 Å². The van der Waals surface area contributed by atoms with Gasteiger partial charge in [0.2, 0.25) is 0 Å². The van der Waals surface area contributed by atoms with Crippen molar-refractivity contribution >= 4 is 5.97 Å². The van der Waals surface area contributed by atoms with Crippen LogP contribution in [0.4, 0.5) is 4.39 Å². The quantitative estimate of drug-likeness (QED) is 0.572. The zero-order valence-corrected chi connectivity index (χ0v) is 16.3. The van der Waals surface area contributed by atoms with Crippen LogP contribution in [-0.2, 0) is 9.53 Å². The molecule has 28 heavy (non-hydrogen) atoms. The van der Waals surface area contributed by atoms with Crippen molar-refractivity contribution in [2.75, 3.05) is 20.2 Å². The highest BCUT2D eigenvalue weighted by molar-refractivity contribution is 5.72. The summed E-state index contributed by atoms with van der Waals surface area (Å²) in [5.74, 6) is 6.52. The zero-order valence-electron chi connectivity index (χ0n) is 16.3. The fourth-order valence-electron chi connectivity index (χ4n) is 4.82. The molecule has 1 saturated carbocycles. The number of allylic oxidation sites excluding steroid dienone is 3. The van der Waals surface area contributed by atoms with Crippen LogP contribution in [-0.4, -0.2) is 37.1 Å². The topological polar surface area (TPSA) is 29.5 Å². The number of fused-ring (bicyclic) bond motifs is 1. The highest BCUT2D eigenvalue weighted by Crippen LogP contribution is 2.41. The highest BCUT2D eigenvalue weighted by atomic mass is 19.1. The van der Waals surface area contributed by atoms with Crippen LogP contribution >= 0.6 is 0 Å². The Balaban J connectivity index is 1.46. The molecule has 1 saturated heterocycles. The molecule has 2 unspecified atom stereocenters. The van der Waals surface area contributed by atoms with Crippen molar-refractivity contribution in [3.63, 3.8) is 0 Å². The van der Waals surface area contributed by atoms with Crippen LogP contribution in [0.2, 0.25) is 0 Å². The second-order valence-corrected chi connectivity index (χ2v) is 7.97. The van der Waals surface area contributed by atoms with Gasteiger partial charge in [0, 0.05) is 23.7 Å². The van der Waals surface area contributed by atoms with Crippen LogP contribution in [0.25, 0.3) is 0 Å². The number of ether oxygens (including phenoxy) is 1. The summed E-state index contributed by atoms with van der Waals surface area (Å²) >= 11 is 0. The van der Waals surface area contributed by atoms with Crippen LogP contribution in [0.15, 0.2) is 47.6 Å². The van der Waals surface area contributed by atoms with Crippen molar-refractivity contribution in [1.82, 2.24) is 4.90 Å². The first-order valence-electron chi connectivity index (χ1n) is 10.1. The van der Waals surface area contributed by atoms with Gasteiger partial charge in [-0.25, -0.2) is 4.39 Å². The second-order valence-electron chi connectivity index (χ2n) is 7.97. The Morgan fingerprint density at radius 2 is 2.11 bits per heavy atom. The number of benzene rings is 1. The molecule has 0 spiro atoms. The third-order valence-corrected chi connectivity index (χ3v) is 6.21. The number of likely N-dealkylation sites (tertiary alicyclic amines) is 1.